The van der Waals surface area contributed by atoms with Gasteiger partial charge in [0.2, 0.25) is 0 Å². The van der Waals surface area contributed by atoms with Crippen LogP contribution in [-0.2, 0) is 20.2 Å². The molecular formula is C20H27BClF3N2O4. The Kier molecular flexibility index (Phi) is 7.10. The number of aromatic nitrogens is 1. The van der Waals surface area contributed by atoms with Crippen LogP contribution in [0.25, 0.3) is 6.08 Å². The summed E-state index contributed by atoms with van der Waals surface area (Å²) in [5.41, 5.74) is -2.61. The van der Waals surface area contributed by atoms with Gasteiger partial charge in [0.05, 0.1) is 16.8 Å². The lowest BCUT2D eigenvalue weighted by molar-refractivity contribution is -0.137. The molecule has 31 heavy (non-hydrogen) atoms. The molecule has 6 nitrogen and oxygen atoms in total. The quantitative estimate of drug-likeness (QED) is 0.486. The number of rotatable bonds is 4. The number of nitrogens with one attached hydrogen (secondary N) is 1. The van der Waals surface area contributed by atoms with E-state index in [0.29, 0.717) is 5.47 Å². The van der Waals surface area contributed by atoms with E-state index in [-0.39, 0.29) is 12.1 Å². The van der Waals surface area contributed by atoms with Crippen molar-refractivity contribution in [3.63, 3.8) is 0 Å². The topological polar surface area (TPSA) is 69.7 Å². The summed E-state index contributed by atoms with van der Waals surface area (Å²) >= 11 is 5.61. The van der Waals surface area contributed by atoms with Gasteiger partial charge in [-0.2, -0.15) is 13.2 Å². The monoisotopic (exact) mass is 462 g/mol. The van der Waals surface area contributed by atoms with E-state index < -0.39 is 46.9 Å². The first-order chi connectivity index (χ1) is 13.9. The standard InChI is InChI=1S/C20H27BClF3N2O4/c1-17(2,3)29-16(28)27-11-13(21-30-18(4,5)19(6,7)31-21)8-12-9-14(20(23,24)25)15(22)26-10-12/h8-10H,11H2,1-7H3,(H,27,28). The number of carbonyl (C=O) groups excluding carboxylic acids is 1. The van der Waals surface area contributed by atoms with E-state index >= 15 is 0 Å². The highest BCUT2D eigenvalue weighted by Gasteiger charge is 2.52. The Morgan fingerprint density at radius 3 is 2.26 bits per heavy atom. The van der Waals surface area contributed by atoms with Gasteiger partial charge in [-0.25, -0.2) is 9.78 Å². The van der Waals surface area contributed by atoms with Crippen LogP contribution in [0.4, 0.5) is 18.0 Å². The summed E-state index contributed by atoms with van der Waals surface area (Å²) in [7, 11) is -0.898. The van der Waals surface area contributed by atoms with Crippen LogP contribution in [0.2, 0.25) is 5.15 Å². The zero-order chi connectivity index (χ0) is 23.8. The Bertz CT molecular complexity index is 851. The number of amides is 1. The summed E-state index contributed by atoms with van der Waals surface area (Å²) in [5, 5.41) is 1.94. The van der Waals surface area contributed by atoms with E-state index in [1.165, 1.54) is 12.3 Å². The summed E-state index contributed by atoms with van der Waals surface area (Å²) < 4.78 is 56.9. The largest absolute Gasteiger partial charge is 0.492 e. The minimum absolute atomic E-state index is 0.0737. The molecule has 0 aliphatic carbocycles. The molecule has 1 amide bonds. The summed E-state index contributed by atoms with van der Waals surface area (Å²) in [4.78, 5) is 15.7. The molecule has 1 saturated heterocycles. The molecule has 1 N–H and O–H groups in total. The molecule has 1 fully saturated rings. The lowest BCUT2D eigenvalue weighted by Gasteiger charge is -2.32. The fourth-order valence-corrected chi connectivity index (χ4v) is 2.85. The summed E-state index contributed by atoms with van der Waals surface area (Å²) in [6.07, 6.45) is -2.71. The van der Waals surface area contributed by atoms with Crippen LogP contribution in [0.3, 0.4) is 0 Å². The minimum atomic E-state index is -4.66. The number of carbonyl (C=O) groups is 1. The fraction of sp³-hybridized carbons (Fsp3) is 0.600. The predicted octanol–water partition coefficient (Wildman–Crippen LogP) is 5.29. The molecule has 1 aromatic rings. The summed E-state index contributed by atoms with van der Waals surface area (Å²) in [6, 6.07) is 0.883. The fourth-order valence-electron chi connectivity index (χ4n) is 2.64. The van der Waals surface area contributed by atoms with Crippen molar-refractivity contribution in [2.45, 2.75) is 71.4 Å². The van der Waals surface area contributed by atoms with Gasteiger partial charge >= 0.3 is 19.4 Å². The second-order valence-electron chi connectivity index (χ2n) is 9.27. The third-order valence-electron chi connectivity index (χ3n) is 4.91. The van der Waals surface area contributed by atoms with Gasteiger partial charge in [-0.05, 0) is 65.6 Å². The number of hydrogen-bond acceptors (Lipinski definition) is 5. The van der Waals surface area contributed by atoms with Crippen molar-refractivity contribution >= 4 is 30.9 Å². The minimum Gasteiger partial charge on any atom is -0.444 e. The van der Waals surface area contributed by atoms with Gasteiger partial charge in [0.15, 0.2) is 0 Å². The smallest absolute Gasteiger partial charge is 0.444 e. The van der Waals surface area contributed by atoms with Gasteiger partial charge in [0.1, 0.15) is 10.8 Å². The molecule has 0 spiro atoms. The highest BCUT2D eigenvalue weighted by Crippen LogP contribution is 2.39. The Morgan fingerprint density at radius 1 is 1.23 bits per heavy atom. The molecule has 11 heteroatoms. The van der Waals surface area contributed by atoms with Crippen LogP contribution in [-0.4, -0.2) is 41.5 Å². The maximum absolute atomic E-state index is 13.2. The number of pyridine rings is 1. The molecular weight excluding hydrogens is 435 g/mol. The van der Waals surface area contributed by atoms with Crippen LogP contribution in [0.5, 0.6) is 0 Å². The van der Waals surface area contributed by atoms with Crippen molar-refractivity contribution < 1.29 is 32.0 Å². The van der Waals surface area contributed by atoms with Crippen molar-refractivity contribution in [3.8, 4) is 0 Å². The average Bonchev–Trinajstić information content (AvgIpc) is 2.78. The van der Waals surface area contributed by atoms with Crippen molar-refractivity contribution in [1.82, 2.24) is 10.3 Å². The number of hydrogen-bond donors (Lipinski definition) is 1. The van der Waals surface area contributed by atoms with Crippen LogP contribution >= 0.6 is 11.6 Å². The van der Waals surface area contributed by atoms with Gasteiger partial charge in [-0.1, -0.05) is 17.7 Å². The number of ether oxygens (including phenoxy) is 1. The first kappa shape index (κ1) is 25.5. The van der Waals surface area contributed by atoms with Gasteiger partial charge in [0, 0.05) is 12.7 Å². The SMILES string of the molecule is CC(C)(C)OC(=O)NCC(=Cc1cnc(Cl)c(C(F)(F)F)c1)B1OC(C)(C)C(C)(C)O1. The average molecular weight is 463 g/mol. The Balaban J connectivity index is 2.37. The first-order valence-corrected chi connectivity index (χ1v) is 10.0. The Morgan fingerprint density at radius 2 is 1.77 bits per heavy atom. The first-order valence-electron chi connectivity index (χ1n) is 9.67. The van der Waals surface area contributed by atoms with Gasteiger partial charge in [0.25, 0.3) is 0 Å². The summed E-state index contributed by atoms with van der Waals surface area (Å²) in [5.74, 6) is 0. The molecule has 2 heterocycles. The van der Waals surface area contributed by atoms with Crippen molar-refractivity contribution in [2.24, 2.45) is 0 Å². The second-order valence-corrected chi connectivity index (χ2v) is 9.63. The second kappa shape index (κ2) is 8.63. The lowest BCUT2D eigenvalue weighted by atomic mass is 9.77. The van der Waals surface area contributed by atoms with Gasteiger partial charge in [-0.3, -0.25) is 0 Å². The third-order valence-corrected chi connectivity index (χ3v) is 5.21. The van der Waals surface area contributed by atoms with E-state index in [9.17, 15) is 18.0 Å². The van der Waals surface area contributed by atoms with Gasteiger partial charge in [-0.15, -0.1) is 0 Å². The molecule has 0 atom stereocenters. The van der Waals surface area contributed by atoms with Crippen LogP contribution < -0.4 is 5.32 Å². The van der Waals surface area contributed by atoms with Gasteiger partial charge < -0.3 is 19.4 Å². The molecule has 172 valence electrons. The maximum atomic E-state index is 13.2. The molecule has 0 bridgehead atoms. The molecule has 0 aromatic carbocycles. The van der Waals surface area contributed by atoms with Crippen LogP contribution in [0.15, 0.2) is 17.7 Å². The van der Waals surface area contributed by atoms with E-state index in [4.69, 9.17) is 25.6 Å². The van der Waals surface area contributed by atoms with Crippen LogP contribution in [0, 0.1) is 0 Å². The molecule has 1 aromatic heterocycles. The molecule has 2 rings (SSSR count). The van der Waals surface area contributed by atoms with E-state index in [0.717, 1.165) is 6.07 Å². The molecule has 1 aliphatic heterocycles. The maximum Gasteiger partial charge on any atom is 0.492 e. The van der Waals surface area contributed by atoms with Crippen LogP contribution in [0.1, 0.15) is 59.6 Å². The molecule has 0 radical (unpaired) electrons. The predicted molar refractivity (Wildman–Crippen MR) is 113 cm³/mol. The third kappa shape index (κ3) is 6.60. The summed E-state index contributed by atoms with van der Waals surface area (Å²) in [6.45, 7) is 12.5. The zero-order valence-corrected chi connectivity index (χ0v) is 19.4. The van der Waals surface area contributed by atoms with Crippen molar-refractivity contribution in [2.75, 3.05) is 6.54 Å². The van der Waals surface area contributed by atoms with E-state index in [2.05, 4.69) is 10.3 Å². The molecule has 0 saturated carbocycles. The highest BCUT2D eigenvalue weighted by atomic mass is 35.5. The number of halogens is 4. The normalized spacial score (nSPS) is 18.8. The molecule has 0 unspecified atom stereocenters. The number of alkyl carbamates (subject to hydrolysis) is 1. The number of nitrogens with zero attached hydrogens (tertiary/aromatic N) is 1. The van der Waals surface area contributed by atoms with Crippen molar-refractivity contribution in [3.05, 3.63) is 34.0 Å². The Labute approximate surface area is 185 Å². The van der Waals surface area contributed by atoms with E-state index in [1.54, 1.807) is 20.8 Å². The zero-order valence-electron chi connectivity index (χ0n) is 18.6. The highest BCUT2D eigenvalue weighted by molar-refractivity contribution is 6.56. The van der Waals surface area contributed by atoms with E-state index in [1.807, 2.05) is 27.7 Å². The lowest BCUT2D eigenvalue weighted by Crippen LogP contribution is -2.41. The molecule has 1 aliphatic rings. The number of alkyl halides is 3. The van der Waals surface area contributed by atoms with Crippen molar-refractivity contribution in [1.29, 1.82) is 0 Å². The Hall–Kier alpha value is -1.78.